The molecule has 0 bridgehead atoms. The van der Waals surface area contributed by atoms with Gasteiger partial charge >= 0.3 is 0 Å². The van der Waals surface area contributed by atoms with E-state index >= 15 is 0 Å². The summed E-state index contributed by atoms with van der Waals surface area (Å²) in [5.74, 6) is -1.60. The zero-order valence-electron chi connectivity index (χ0n) is 7.23. The standard InChI is InChI=1S/C6H15F3O2S/c1-10-3-5-12(7,8,9)6-4-11-2/h12H,3-6H2,1-2H3. The van der Waals surface area contributed by atoms with Gasteiger partial charge in [0.25, 0.3) is 0 Å². The summed E-state index contributed by atoms with van der Waals surface area (Å²) in [4.78, 5) is 0. The second kappa shape index (κ2) is 4.34. The molecule has 0 spiro atoms. The molecule has 0 fully saturated rings. The van der Waals surface area contributed by atoms with Gasteiger partial charge in [-0.2, -0.15) is 11.7 Å². The van der Waals surface area contributed by atoms with Crippen molar-refractivity contribution in [3.8, 4) is 0 Å². The zero-order valence-corrected chi connectivity index (χ0v) is 8.12. The van der Waals surface area contributed by atoms with E-state index in [1.807, 2.05) is 0 Å². The molecule has 0 atom stereocenters. The molecule has 0 amide bonds. The van der Waals surface area contributed by atoms with Gasteiger partial charge in [-0.05, 0) is 0 Å². The Morgan fingerprint density at radius 2 is 1.25 bits per heavy atom. The van der Waals surface area contributed by atoms with Crippen LogP contribution in [-0.2, 0) is 9.47 Å². The summed E-state index contributed by atoms with van der Waals surface area (Å²) in [7, 11) is -3.42. The van der Waals surface area contributed by atoms with E-state index in [0.29, 0.717) is 0 Å². The Labute approximate surface area is 71.2 Å². The zero-order chi connectivity index (χ0) is 9.69. The van der Waals surface area contributed by atoms with Crippen LogP contribution in [0.15, 0.2) is 0 Å². The number of methoxy groups -OCH3 is 2. The normalized spacial score (nSPS) is 15.6. The third-order valence-corrected chi connectivity index (χ3v) is 3.43. The molecular formula is C6H15F3O2S. The number of hydrogen-bond acceptors (Lipinski definition) is 2. The van der Waals surface area contributed by atoms with Crippen LogP contribution in [0.5, 0.6) is 0 Å². The van der Waals surface area contributed by atoms with E-state index in [1.54, 1.807) is 0 Å². The molecule has 6 heteroatoms. The Bertz CT molecular complexity index is 122. The summed E-state index contributed by atoms with van der Waals surface area (Å²) in [6.07, 6.45) is 0. The minimum atomic E-state index is -5.96. The molecule has 0 saturated carbocycles. The van der Waals surface area contributed by atoms with Crippen LogP contribution in [-0.4, -0.2) is 38.9 Å². The molecule has 0 saturated heterocycles. The third kappa shape index (κ3) is 5.68. The van der Waals surface area contributed by atoms with E-state index in [0.717, 1.165) is 0 Å². The van der Waals surface area contributed by atoms with Crippen molar-refractivity contribution in [3.05, 3.63) is 0 Å². The number of thiol groups is 1. The molecule has 0 heterocycles. The largest absolute Gasteiger partial charge is 0.384 e. The Hall–Kier alpha value is 0.0600. The molecule has 12 heavy (non-hydrogen) atoms. The maximum absolute atomic E-state index is 12.8. The molecule has 0 unspecified atom stereocenters. The van der Waals surface area contributed by atoms with E-state index in [4.69, 9.17) is 0 Å². The van der Waals surface area contributed by atoms with E-state index in [1.165, 1.54) is 14.2 Å². The first-order valence-electron chi connectivity index (χ1n) is 3.53. The molecule has 78 valence electrons. The number of halogens is 3. The lowest BCUT2D eigenvalue weighted by atomic mass is 10.8. The molecular weight excluding hydrogens is 193 g/mol. The van der Waals surface area contributed by atoms with Crippen LogP contribution in [0.3, 0.4) is 0 Å². The summed E-state index contributed by atoms with van der Waals surface area (Å²) in [6, 6.07) is 0. The van der Waals surface area contributed by atoms with Gasteiger partial charge in [0.15, 0.2) is 0 Å². The Morgan fingerprint density at radius 3 is 1.50 bits per heavy atom. The van der Waals surface area contributed by atoms with Crippen LogP contribution in [0.2, 0.25) is 0 Å². The highest BCUT2D eigenvalue weighted by Gasteiger charge is 2.37. The molecule has 0 aliphatic carbocycles. The highest BCUT2D eigenvalue weighted by molar-refractivity contribution is 8.37. The first-order chi connectivity index (χ1) is 5.39. The van der Waals surface area contributed by atoms with E-state index in [-0.39, 0.29) is 13.2 Å². The fourth-order valence-corrected chi connectivity index (χ4v) is 1.89. The average molecular weight is 208 g/mol. The van der Waals surface area contributed by atoms with Gasteiger partial charge in [-0.3, -0.25) is 0 Å². The van der Waals surface area contributed by atoms with Gasteiger partial charge in [0, 0.05) is 14.2 Å². The van der Waals surface area contributed by atoms with Crippen molar-refractivity contribution in [3.63, 3.8) is 0 Å². The van der Waals surface area contributed by atoms with Crippen molar-refractivity contribution in [2.75, 3.05) is 38.9 Å². The van der Waals surface area contributed by atoms with Crippen LogP contribution in [0.25, 0.3) is 0 Å². The van der Waals surface area contributed by atoms with Gasteiger partial charge in [-0.25, -0.2) is 0 Å². The molecule has 2 nitrogen and oxygen atoms in total. The Kier molecular flexibility index (Phi) is 4.36. The molecule has 0 aliphatic heterocycles. The van der Waals surface area contributed by atoms with Crippen LogP contribution in [0, 0.1) is 0 Å². The number of hydrogen-bond donors (Lipinski definition) is 1. The summed E-state index contributed by atoms with van der Waals surface area (Å²) < 4.78 is 47.2. The molecule has 0 aromatic rings. The first kappa shape index (κ1) is 12.1. The van der Waals surface area contributed by atoms with Gasteiger partial charge < -0.3 is 9.47 Å². The molecule has 0 aromatic heterocycles. The molecule has 0 radical (unpaired) electrons. The lowest BCUT2D eigenvalue weighted by Gasteiger charge is -2.37. The summed E-state index contributed by atoms with van der Waals surface area (Å²) in [5.41, 5.74) is 0. The summed E-state index contributed by atoms with van der Waals surface area (Å²) in [6.45, 7) is -0.490. The molecule has 0 aromatic carbocycles. The first-order valence-corrected chi connectivity index (χ1v) is 5.81. The third-order valence-electron chi connectivity index (χ3n) is 1.41. The fourth-order valence-electron chi connectivity index (χ4n) is 0.630. The highest BCUT2D eigenvalue weighted by atomic mass is 32.4. The predicted octanol–water partition coefficient (Wildman–Crippen LogP) is 2.01. The fraction of sp³-hybridized carbons (Fsp3) is 1.00. The van der Waals surface area contributed by atoms with Crippen LogP contribution in [0.4, 0.5) is 11.7 Å². The van der Waals surface area contributed by atoms with Gasteiger partial charge in [-0.15, -0.1) is 0 Å². The predicted molar refractivity (Wildman–Crippen MR) is 45.8 cm³/mol. The SMILES string of the molecule is COCC[SH](F)(F)(F)CCOC. The summed E-state index contributed by atoms with van der Waals surface area (Å²) in [5, 5.41) is 0. The van der Waals surface area contributed by atoms with Crippen molar-refractivity contribution < 1.29 is 21.1 Å². The second-order valence-electron chi connectivity index (χ2n) is 2.57. The minimum Gasteiger partial charge on any atom is -0.384 e. The smallest absolute Gasteiger partial charge is 0.0588 e. The van der Waals surface area contributed by atoms with Crippen molar-refractivity contribution >= 4 is 10.3 Å². The monoisotopic (exact) mass is 208 g/mol. The van der Waals surface area contributed by atoms with E-state index < -0.39 is 21.8 Å². The van der Waals surface area contributed by atoms with Crippen LogP contribution in [0.1, 0.15) is 0 Å². The maximum Gasteiger partial charge on any atom is 0.0588 e. The van der Waals surface area contributed by atoms with Crippen LogP contribution >= 0.6 is 10.3 Å². The van der Waals surface area contributed by atoms with E-state index in [9.17, 15) is 11.7 Å². The number of rotatable bonds is 6. The molecule has 0 aliphatic rings. The lowest BCUT2D eigenvalue weighted by Crippen LogP contribution is -2.16. The highest BCUT2D eigenvalue weighted by Crippen LogP contribution is 2.74. The van der Waals surface area contributed by atoms with Gasteiger partial charge in [0.1, 0.15) is 0 Å². The molecule has 0 rings (SSSR count). The average Bonchev–Trinajstić information content (AvgIpc) is 1.97. The van der Waals surface area contributed by atoms with Crippen molar-refractivity contribution in [2.45, 2.75) is 0 Å². The van der Waals surface area contributed by atoms with Crippen molar-refractivity contribution in [1.82, 2.24) is 0 Å². The second-order valence-corrected chi connectivity index (χ2v) is 5.72. The number of ether oxygens (including phenoxy) is 2. The lowest BCUT2D eigenvalue weighted by molar-refractivity contribution is 0.207. The minimum absolute atomic E-state index is 0.245. The van der Waals surface area contributed by atoms with Gasteiger partial charge in [-0.1, -0.05) is 0 Å². The van der Waals surface area contributed by atoms with Gasteiger partial charge in [0.05, 0.1) is 35.0 Å². The van der Waals surface area contributed by atoms with Crippen molar-refractivity contribution in [1.29, 1.82) is 0 Å². The van der Waals surface area contributed by atoms with Gasteiger partial charge in [0.2, 0.25) is 0 Å². The Balaban J connectivity index is 3.90. The quantitative estimate of drug-likeness (QED) is 0.673. The maximum atomic E-state index is 12.8. The Morgan fingerprint density at radius 1 is 0.917 bits per heavy atom. The molecule has 0 N–H and O–H groups in total. The van der Waals surface area contributed by atoms with Crippen molar-refractivity contribution in [2.24, 2.45) is 0 Å². The topological polar surface area (TPSA) is 18.5 Å². The van der Waals surface area contributed by atoms with Crippen LogP contribution < -0.4 is 0 Å². The van der Waals surface area contributed by atoms with E-state index in [2.05, 4.69) is 9.47 Å². The summed E-state index contributed by atoms with van der Waals surface area (Å²) >= 11 is 0.